The van der Waals surface area contributed by atoms with Crippen LogP contribution < -0.4 is 5.32 Å². The number of hydrogen-bond donors (Lipinski definition) is 2. The number of nitrogens with one attached hydrogen (secondary N) is 1. The van der Waals surface area contributed by atoms with Crippen LogP contribution >= 0.6 is 11.8 Å². The number of thioether (sulfide) groups is 1. The van der Waals surface area contributed by atoms with Crippen molar-refractivity contribution < 1.29 is 19.5 Å². The fourth-order valence-electron chi connectivity index (χ4n) is 2.99. The average Bonchev–Trinajstić information content (AvgIpc) is 2.86. The van der Waals surface area contributed by atoms with Crippen molar-refractivity contribution in [2.75, 3.05) is 5.75 Å². The second-order valence-corrected chi connectivity index (χ2v) is 7.46. The smallest absolute Gasteiger partial charge is 0.303 e. The number of amides is 2. The van der Waals surface area contributed by atoms with Crippen molar-refractivity contribution in [3.8, 4) is 0 Å². The van der Waals surface area contributed by atoms with Crippen molar-refractivity contribution in [2.45, 2.75) is 62.9 Å². The molecule has 2 heterocycles. The van der Waals surface area contributed by atoms with E-state index in [9.17, 15) is 14.4 Å². The Kier molecular flexibility index (Phi) is 4.81. The number of carboxylic acid groups (broad SMARTS) is 1. The Hall–Kier alpha value is -1.24. The molecule has 0 aliphatic carbocycles. The monoisotopic (exact) mass is 314 g/mol. The first-order valence-electron chi connectivity index (χ1n) is 7.32. The van der Waals surface area contributed by atoms with Gasteiger partial charge in [-0.05, 0) is 33.1 Å². The third-order valence-electron chi connectivity index (χ3n) is 4.16. The maximum absolute atomic E-state index is 12.3. The summed E-state index contributed by atoms with van der Waals surface area (Å²) in [6.07, 6.45) is 2.59. The second kappa shape index (κ2) is 6.25. The molecule has 21 heavy (non-hydrogen) atoms. The van der Waals surface area contributed by atoms with Gasteiger partial charge in [-0.3, -0.25) is 14.4 Å². The van der Waals surface area contributed by atoms with Crippen LogP contribution in [0, 0.1) is 0 Å². The van der Waals surface area contributed by atoms with E-state index in [1.54, 1.807) is 16.7 Å². The molecule has 2 N–H and O–H groups in total. The predicted octanol–water partition coefficient (Wildman–Crippen LogP) is 1.20. The molecule has 0 aromatic carbocycles. The fraction of sp³-hybridized carbons (Fsp3) is 0.786. The van der Waals surface area contributed by atoms with Crippen molar-refractivity contribution in [1.82, 2.24) is 10.2 Å². The van der Waals surface area contributed by atoms with Crippen molar-refractivity contribution in [2.24, 2.45) is 0 Å². The first kappa shape index (κ1) is 16.1. The van der Waals surface area contributed by atoms with Crippen LogP contribution in [0.4, 0.5) is 0 Å². The highest BCUT2D eigenvalue weighted by Gasteiger charge is 2.52. The zero-order valence-electron chi connectivity index (χ0n) is 12.4. The molecule has 3 unspecified atom stereocenters. The average molecular weight is 314 g/mol. The maximum atomic E-state index is 12.3. The van der Waals surface area contributed by atoms with Gasteiger partial charge in [-0.25, -0.2) is 0 Å². The van der Waals surface area contributed by atoms with Crippen molar-refractivity contribution >= 4 is 29.5 Å². The molecule has 0 radical (unpaired) electrons. The lowest BCUT2D eigenvalue weighted by atomic mass is 10.1. The van der Waals surface area contributed by atoms with Gasteiger partial charge in [0.1, 0.15) is 6.04 Å². The van der Waals surface area contributed by atoms with Gasteiger partial charge in [-0.15, -0.1) is 11.8 Å². The lowest BCUT2D eigenvalue weighted by Crippen LogP contribution is -2.51. The summed E-state index contributed by atoms with van der Waals surface area (Å²) < 4.78 is 0. The molecule has 0 spiro atoms. The van der Waals surface area contributed by atoms with Crippen molar-refractivity contribution in [3.05, 3.63) is 0 Å². The summed E-state index contributed by atoms with van der Waals surface area (Å²) in [4.78, 5) is 36.3. The number of rotatable bonds is 6. The normalized spacial score (nSPS) is 29.3. The minimum atomic E-state index is -0.820. The van der Waals surface area contributed by atoms with Gasteiger partial charge in [0.05, 0.1) is 4.87 Å². The van der Waals surface area contributed by atoms with Gasteiger partial charge in [-0.2, -0.15) is 0 Å². The number of nitrogens with zero attached hydrogens (tertiary/aromatic N) is 1. The summed E-state index contributed by atoms with van der Waals surface area (Å²) in [5.41, 5.74) is 0. The molecule has 7 heteroatoms. The Balaban J connectivity index is 1.86. The summed E-state index contributed by atoms with van der Waals surface area (Å²) in [7, 11) is 0. The van der Waals surface area contributed by atoms with Crippen LogP contribution in [-0.2, 0) is 14.4 Å². The first-order valence-corrected chi connectivity index (χ1v) is 8.30. The van der Waals surface area contributed by atoms with Crippen LogP contribution in [0.3, 0.4) is 0 Å². The topological polar surface area (TPSA) is 86.7 Å². The number of carbonyl (C=O) groups is 3. The van der Waals surface area contributed by atoms with E-state index in [2.05, 4.69) is 5.32 Å². The van der Waals surface area contributed by atoms with Crippen LogP contribution in [0.15, 0.2) is 0 Å². The van der Waals surface area contributed by atoms with E-state index >= 15 is 0 Å². The van der Waals surface area contributed by atoms with E-state index in [1.807, 2.05) is 13.8 Å². The van der Waals surface area contributed by atoms with Gasteiger partial charge in [0.2, 0.25) is 11.8 Å². The van der Waals surface area contributed by atoms with Gasteiger partial charge in [0.15, 0.2) is 0 Å². The maximum Gasteiger partial charge on any atom is 0.303 e. The van der Waals surface area contributed by atoms with Crippen LogP contribution in [0.5, 0.6) is 0 Å². The summed E-state index contributed by atoms with van der Waals surface area (Å²) in [5.74, 6) is -0.250. The molecule has 118 valence electrons. The fourth-order valence-corrected chi connectivity index (χ4v) is 4.42. The molecule has 0 bridgehead atoms. The van der Waals surface area contributed by atoms with Crippen LogP contribution in [0.1, 0.15) is 46.0 Å². The highest BCUT2D eigenvalue weighted by Crippen LogP contribution is 2.47. The molecule has 0 aromatic rings. The number of fused-ring (bicyclic) bond motifs is 1. The zero-order valence-corrected chi connectivity index (χ0v) is 13.2. The molecule has 6 nitrogen and oxygen atoms in total. The van der Waals surface area contributed by atoms with Gasteiger partial charge in [-0.1, -0.05) is 0 Å². The molecule has 3 atom stereocenters. The van der Waals surface area contributed by atoms with Crippen LogP contribution in [-0.4, -0.2) is 50.5 Å². The molecule has 2 rings (SSSR count). The Morgan fingerprint density at radius 1 is 1.57 bits per heavy atom. The number of aliphatic carboxylic acids is 1. The van der Waals surface area contributed by atoms with Gasteiger partial charge < -0.3 is 15.3 Å². The van der Waals surface area contributed by atoms with E-state index in [0.717, 1.165) is 6.42 Å². The highest BCUT2D eigenvalue weighted by atomic mass is 32.2. The molecule has 2 aliphatic rings. The number of hydrogen-bond acceptors (Lipinski definition) is 4. The molecular formula is C14H22N2O4S. The lowest BCUT2D eigenvalue weighted by molar-refractivity contribution is -0.138. The lowest BCUT2D eigenvalue weighted by Gasteiger charge is -2.30. The number of carboxylic acids is 1. The second-order valence-electron chi connectivity index (χ2n) is 5.96. The molecule has 2 saturated heterocycles. The van der Waals surface area contributed by atoms with Gasteiger partial charge in [0.25, 0.3) is 0 Å². The van der Waals surface area contributed by atoms with E-state index < -0.39 is 12.0 Å². The number of carbonyl (C=O) groups excluding carboxylic acids is 2. The van der Waals surface area contributed by atoms with E-state index in [0.29, 0.717) is 25.0 Å². The van der Waals surface area contributed by atoms with Crippen molar-refractivity contribution in [3.63, 3.8) is 0 Å². The standard InChI is InChI=1S/C14H22N2O4S/c1-9(4-3-5-12(18)19)15-13(20)10-8-21-14(2)7-6-11(17)16(10)14/h9-10H,3-8H2,1-2H3,(H,15,20)(H,18,19). The summed E-state index contributed by atoms with van der Waals surface area (Å²) in [6, 6.07) is -0.469. The van der Waals surface area contributed by atoms with Gasteiger partial charge in [0, 0.05) is 24.6 Å². The molecule has 0 saturated carbocycles. The van der Waals surface area contributed by atoms with E-state index in [4.69, 9.17) is 5.11 Å². The minimum Gasteiger partial charge on any atom is -0.481 e. The minimum absolute atomic E-state index is 0.0566. The van der Waals surface area contributed by atoms with E-state index in [1.165, 1.54) is 0 Å². The first-order chi connectivity index (χ1) is 9.83. The molecule has 2 aliphatic heterocycles. The Bertz CT molecular complexity index is 456. The van der Waals surface area contributed by atoms with Crippen molar-refractivity contribution in [1.29, 1.82) is 0 Å². The van der Waals surface area contributed by atoms with Crippen LogP contribution in [0.25, 0.3) is 0 Å². The zero-order chi connectivity index (χ0) is 15.6. The Labute approximate surface area is 128 Å². The summed E-state index contributed by atoms with van der Waals surface area (Å²) in [5, 5.41) is 11.5. The highest BCUT2D eigenvalue weighted by molar-refractivity contribution is 8.01. The SMILES string of the molecule is CC(CCCC(=O)O)NC(=O)C1CSC2(C)CCC(=O)N12. The third-order valence-corrected chi connectivity index (χ3v) is 5.67. The third kappa shape index (κ3) is 3.51. The molecule has 2 fully saturated rings. The quantitative estimate of drug-likeness (QED) is 0.769. The molecular weight excluding hydrogens is 292 g/mol. The summed E-state index contributed by atoms with van der Waals surface area (Å²) >= 11 is 1.67. The van der Waals surface area contributed by atoms with Crippen LogP contribution in [0.2, 0.25) is 0 Å². The molecule has 2 amide bonds. The Morgan fingerprint density at radius 2 is 2.29 bits per heavy atom. The van der Waals surface area contributed by atoms with E-state index in [-0.39, 0.29) is 29.1 Å². The largest absolute Gasteiger partial charge is 0.481 e. The molecule has 0 aromatic heterocycles. The van der Waals surface area contributed by atoms with Gasteiger partial charge >= 0.3 is 5.97 Å². The summed E-state index contributed by atoms with van der Waals surface area (Å²) in [6.45, 7) is 3.89. The Morgan fingerprint density at radius 3 is 2.95 bits per heavy atom. The predicted molar refractivity (Wildman–Crippen MR) is 79.8 cm³/mol.